The third-order valence-electron chi connectivity index (χ3n) is 9.56. The van der Waals surface area contributed by atoms with Crippen LogP contribution in [0.25, 0.3) is 92.1 Å². The van der Waals surface area contributed by atoms with Crippen LogP contribution in [0.2, 0.25) is 0 Å². The van der Waals surface area contributed by atoms with E-state index in [0.29, 0.717) is 0 Å². The number of para-hydroxylation sites is 1. The van der Waals surface area contributed by atoms with Gasteiger partial charge < -0.3 is 4.57 Å². The predicted octanol–water partition coefficient (Wildman–Crippen LogP) is 12.7. The summed E-state index contributed by atoms with van der Waals surface area (Å²) in [6.45, 7) is 0. The molecule has 0 saturated carbocycles. The molecule has 3 heterocycles. The molecule has 224 valence electrons. The zero-order chi connectivity index (χ0) is 31.6. The number of rotatable bonds is 4. The van der Waals surface area contributed by atoms with Gasteiger partial charge in [-0.25, -0.2) is 4.98 Å². The summed E-state index contributed by atoms with van der Waals surface area (Å²) in [6, 6.07) is 61.2. The first kappa shape index (κ1) is 27.1. The molecule has 48 heavy (non-hydrogen) atoms. The maximum atomic E-state index is 5.09. The molecule has 0 bridgehead atoms. The molecule has 0 fully saturated rings. The van der Waals surface area contributed by atoms with Crippen LogP contribution in [0.15, 0.2) is 170 Å². The number of pyridine rings is 1. The molecule has 0 N–H and O–H groups in total. The van der Waals surface area contributed by atoms with E-state index in [1.165, 1.54) is 52.8 Å². The van der Waals surface area contributed by atoms with Gasteiger partial charge in [0.15, 0.2) is 0 Å². The molecule has 0 radical (unpaired) electrons. The summed E-state index contributed by atoms with van der Waals surface area (Å²) in [5.41, 5.74) is 10.1. The number of thiophene rings is 1. The minimum absolute atomic E-state index is 0.970. The Balaban J connectivity index is 1.18. The fourth-order valence-electron chi connectivity index (χ4n) is 7.28. The van der Waals surface area contributed by atoms with Crippen LogP contribution in [0.1, 0.15) is 0 Å². The van der Waals surface area contributed by atoms with Crippen LogP contribution in [-0.2, 0) is 0 Å². The first-order valence-electron chi connectivity index (χ1n) is 16.3. The van der Waals surface area contributed by atoms with E-state index in [9.17, 15) is 0 Å². The van der Waals surface area contributed by atoms with Gasteiger partial charge in [-0.05, 0) is 70.4 Å². The second-order valence-electron chi connectivity index (χ2n) is 12.4. The molecule has 10 aromatic rings. The average molecular weight is 629 g/mol. The van der Waals surface area contributed by atoms with E-state index in [4.69, 9.17) is 4.98 Å². The molecular weight excluding hydrogens is 601 g/mol. The SMILES string of the molecule is c1ccc(-c2cc(-c3ccc(-n4c5ccccc5c5ccc6sc7cc8ccccc8cc7c6c54)cc3)cc(-c3ccccc3)n2)cc1. The lowest BCUT2D eigenvalue weighted by atomic mass is 9.99. The molecule has 0 spiro atoms. The standard InChI is InChI=1S/C45H28N2S/c1-3-11-30(12-4-1)39-26-34(27-40(46-39)31-13-5-2-6-14-31)29-19-21-35(22-20-29)47-41-18-10-9-17-36(41)37-23-24-42-44(45(37)47)38-25-32-15-7-8-16-33(32)28-43(38)48-42/h1-28H. The van der Waals surface area contributed by atoms with Gasteiger partial charge in [0.25, 0.3) is 0 Å². The lowest BCUT2D eigenvalue weighted by molar-refractivity contribution is 1.19. The van der Waals surface area contributed by atoms with Gasteiger partial charge in [-0.15, -0.1) is 11.3 Å². The average Bonchev–Trinajstić information content (AvgIpc) is 3.69. The molecule has 3 aromatic heterocycles. The third-order valence-corrected chi connectivity index (χ3v) is 10.7. The van der Waals surface area contributed by atoms with Gasteiger partial charge in [-0.1, -0.05) is 121 Å². The molecule has 0 atom stereocenters. The molecule has 0 aliphatic rings. The molecule has 0 aliphatic carbocycles. The summed E-state index contributed by atoms with van der Waals surface area (Å²) in [5.74, 6) is 0. The van der Waals surface area contributed by atoms with Gasteiger partial charge in [0.05, 0.1) is 22.4 Å². The van der Waals surface area contributed by atoms with Crippen LogP contribution < -0.4 is 0 Å². The Hall–Kier alpha value is -6.03. The lowest BCUT2D eigenvalue weighted by Crippen LogP contribution is -1.95. The molecule has 0 aliphatic heterocycles. The topological polar surface area (TPSA) is 17.8 Å². The monoisotopic (exact) mass is 628 g/mol. The number of aromatic nitrogens is 2. The smallest absolute Gasteiger partial charge is 0.0715 e. The number of hydrogen-bond donors (Lipinski definition) is 0. The molecule has 2 nitrogen and oxygen atoms in total. The van der Waals surface area contributed by atoms with E-state index >= 15 is 0 Å². The Labute approximate surface area is 281 Å². The number of benzene rings is 7. The van der Waals surface area contributed by atoms with Gasteiger partial charge in [0.2, 0.25) is 0 Å². The molecule has 0 unspecified atom stereocenters. The van der Waals surface area contributed by atoms with Crippen LogP contribution in [0.5, 0.6) is 0 Å². The first-order valence-corrected chi connectivity index (χ1v) is 17.1. The second-order valence-corrected chi connectivity index (χ2v) is 13.5. The normalized spacial score (nSPS) is 11.8. The van der Waals surface area contributed by atoms with Gasteiger partial charge in [0, 0.05) is 47.8 Å². The maximum absolute atomic E-state index is 5.09. The quantitative estimate of drug-likeness (QED) is 0.190. The van der Waals surface area contributed by atoms with Gasteiger partial charge in [-0.3, -0.25) is 0 Å². The summed E-state index contributed by atoms with van der Waals surface area (Å²) < 4.78 is 5.10. The van der Waals surface area contributed by atoms with Crippen molar-refractivity contribution < 1.29 is 0 Å². The summed E-state index contributed by atoms with van der Waals surface area (Å²) in [7, 11) is 0. The van der Waals surface area contributed by atoms with Crippen LogP contribution >= 0.6 is 11.3 Å². The highest BCUT2D eigenvalue weighted by molar-refractivity contribution is 7.26. The summed E-state index contributed by atoms with van der Waals surface area (Å²) in [6.07, 6.45) is 0. The van der Waals surface area contributed by atoms with Gasteiger partial charge in [0.1, 0.15) is 0 Å². The minimum Gasteiger partial charge on any atom is -0.309 e. The van der Waals surface area contributed by atoms with Crippen molar-refractivity contribution in [3.63, 3.8) is 0 Å². The largest absolute Gasteiger partial charge is 0.309 e. The van der Waals surface area contributed by atoms with Crippen molar-refractivity contribution in [2.45, 2.75) is 0 Å². The van der Waals surface area contributed by atoms with Crippen molar-refractivity contribution in [2.24, 2.45) is 0 Å². The predicted molar refractivity (Wildman–Crippen MR) is 205 cm³/mol. The van der Waals surface area contributed by atoms with Crippen molar-refractivity contribution in [2.75, 3.05) is 0 Å². The Bertz CT molecular complexity index is 2750. The Morgan fingerprint density at radius 2 is 1.04 bits per heavy atom. The van der Waals surface area contributed by atoms with E-state index in [0.717, 1.165) is 39.3 Å². The van der Waals surface area contributed by atoms with Crippen molar-refractivity contribution in [3.8, 4) is 39.3 Å². The lowest BCUT2D eigenvalue weighted by Gasteiger charge is -2.12. The zero-order valence-electron chi connectivity index (χ0n) is 26.0. The van der Waals surface area contributed by atoms with E-state index in [-0.39, 0.29) is 0 Å². The third kappa shape index (κ3) is 4.29. The minimum atomic E-state index is 0.970. The Kier molecular flexibility index (Phi) is 6.08. The highest BCUT2D eigenvalue weighted by Crippen LogP contribution is 2.44. The van der Waals surface area contributed by atoms with E-state index in [1.807, 2.05) is 23.5 Å². The number of hydrogen-bond acceptors (Lipinski definition) is 2. The molecular formula is C45H28N2S. The number of nitrogens with zero attached hydrogens (tertiary/aromatic N) is 2. The van der Waals surface area contributed by atoms with Gasteiger partial charge in [-0.2, -0.15) is 0 Å². The van der Waals surface area contributed by atoms with E-state index in [1.54, 1.807) is 0 Å². The fraction of sp³-hybridized carbons (Fsp3) is 0. The molecule has 0 amide bonds. The van der Waals surface area contributed by atoms with Crippen molar-refractivity contribution in [1.29, 1.82) is 0 Å². The fourth-order valence-corrected chi connectivity index (χ4v) is 8.42. The van der Waals surface area contributed by atoms with Gasteiger partial charge >= 0.3 is 0 Å². The van der Waals surface area contributed by atoms with Crippen molar-refractivity contribution in [3.05, 3.63) is 170 Å². The highest BCUT2D eigenvalue weighted by Gasteiger charge is 2.19. The molecule has 10 rings (SSSR count). The summed E-state index contributed by atoms with van der Waals surface area (Å²) >= 11 is 1.88. The van der Waals surface area contributed by atoms with Crippen molar-refractivity contribution >= 4 is 64.1 Å². The van der Waals surface area contributed by atoms with E-state index < -0.39 is 0 Å². The van der Waals surface area contributed by atoms with Crippen LogP contribution in [0.3, 0.4) is 0 Å². The van der Waals surface area contributed by atoms with Crippen LogP contribution in [0.4, 0.5) is 0 Å². The number of fused-ring (bicyclic) bond motifs is 8. The molecule has 3 heteroatoms. The van der Waals surface area contributed by atoms with Crippen LogP contribution in [0, 0.1) is 0 Å². The summed E-state index contributed by atoms with van der Waals surface area (Å²) in [5, 5.41) is 7.75. The highest BCUT2D eigenvalue weighted by atomic mass is 32.1. The zero-order valence-corrected chi connectivity index (χ0v) is 26.8. The Morgan fingerprint density at radius 3 is 1.75 bits per heavy atom. The summed E-state index contributed by atoms with van der Waals surface area (Å²) in [4.78, 5) is 5.09. The van der Waals surface area contributed by atoms with Crippen LogP contribution in [-0.4, -0.2) is 9.55 Å². The second kappa shape index (κ2) is 10.8. The maximum Gasteiger partial charge on any atom is 0.0715 e. The Morgan fingerprint density at radius 1 is 0.417 bits per heavy atom. The molecule has 0 saturated heterocycles. The van der Waals surface area contributed by atoms with E-state index in [2.05, 4.69) is 162 Å². The first-order chi connectivity index (χ1) is 23.8. The molecule has 7 aromatic carbocycles. The van der Waals surface area contributed by atoms with Crippen molar-refractivity contribution in [1.82, 2.24) is 9.55 Å².